The highest BCUT2D eigenvalue weighted by atomic mass is 17.2. The van der Waals surface area contributed by atoms with Gasteiger partial charge in [-0.25, -0.2) is 5.26 Å². The summed E-state index contributed by atoms with van der Waals surface area (Å²) in [5, 5.41) is 86.5. The Balaban J connectivity index is 2.35. The molecule has 9 atom stereocenters. The SMILES string of the molecule is OC[C@H]1OC(CO)(O[C@]2(OO)O[C@H](CO)[C@@H](O)[C@H](O)[C@H]2O)[C@@H](O)[C@@H]1O. The molecule has 13 heteroatoms. The van der Waals surface area contributed by atoms with Crippen molar-refractivity contribution in [3.8, 4) is 0 Å². The van der Waals surface area contributed by atoms with E-state index < -0.39 is 74.3 Å². The predicted octanol–water partition coefficient (Wildman–Crippen LogP) is -5.58. The van der Waals surface area contributed by atoms with Crippen LogP contribution in [0.3, 0.4) is 0 Å². The Hall–Kier alpha value is -0.520. The maximum absolute atomic E-state index is 10.1. The standard InChI is InChI=1S/C12H22O13/c13-1-4-6(16)8(18)10(20)12(23-4,25-21)24-11(3-15)9(19)7(17)5(2-14)22-11/h4-10,13-21H,1-3H2/t4-,5-,6-,7-,8+,9+,10-,11?,12-/m1/s1. The van der Waals surface area contributed by atoms with Crippen LogP contribution in [0.2, 0.25) is 0 Å². The average molecular weight is 374 g/mol. The van der Waals surface area contributed by atoms with Crippen molar-refractivity contribution in [1.29, 1.82) is 0 Å². The third-order valence-electron chi connectivity index (χ3n) is 4.26. The van der Waals surface area contributed by atoms with E-state index in [1.807, 2.05) is 0 Å². The van der Waals surface area contributed by atoms with Crippen molar-refractivity contribution >= 4 is 0 Å². The summed E-state index contributed by atoms with van der Waals surface area (Å²) >= 11 is 0. The highest BCUT2D eigenvalue weighted by Crippen LogP contribution is 2.40. The molecular formula is C12H22O13. The normalized spacial score (nSPS) is 51.0. The number of aliphatic hydroxyl groups is 8. The van der Waals surface area contributed by atoms with E-state index in [1.165, 1.54) is 0 Å². The summed E-state index contributed by atoms with van der Waals surface area (Å²) in [6.45, 7) is -2.83. The summed E-state index contributed by atoms with van der Waals surface area (Å²) in [6.07, 6.45) is -12.8. The molecule has 25 heavy (non-hydrogen) atoms. The Labute approximate surface area is 140 Å². The number of hydrogen-bond acceptors (Lipinski definition) is 13. The molecule has 2 saturated heterocycles. The van der Waals surface area contributed by atoms with E-state index in [9.17, 15) is 35.7 Å². The lowest BCUT2D eigenvalue weighted by atomic mass is 9.97. The Kier molecular flexibility index (Phi) is 6.33. The molecule has 0 spiro atoms. The first-order chi connectivity index (χ1) is 11.7. The molecule has 9 N–H and O–H groups in total. The fraction of sp³-hybridized carbons (Fsp3) is 1.00. The van der Waals surface area contributed by atoms with Gasteiger partial charge in [-0.05, 0) is 0 Å². The Morgan fingerprint density at radius 1 is 0.760 bits per heavy atom. The second kappa shape index (κ2) is 7.61. The lowest BCUT2D eigenvalue weighted by Gasteiger charge is -2.48. The van der Waals surface area contributed by atoms with Crippen molar-refractivity contribution in [3.05, 3.63) is 0 Å². The molecule has 2 aliphatic heterocycles. The van der Waals surface area contributed by atoms with Crippen LogP contribution < -0.4 is 0 Å². The topological polar surface area (TPSA) is 219 Å². The second-order valence-corrected chi connectivity index (χ2v) is 5.81. The highest BCUT2D eigenvalue weighted by molar-refractivity contribution is 5.00. The van der Waals surface area contributed by atoms with Gasteiger partial charge in [0.1, 0.15) is 43.2 Å². The van der Waals surface area contributed by atoms with Crippen LogP contribution in [0.5, 0.6) is 0 Å². The summed E-state index contributed by atoms with van der Waals surface area (Å²) in [6, 6.07) is 0. The van der Waals surface area contributed by atoms with Gasteiger partial charge in [-0.15, -0.1) is 0 Å². The molecule has 2 fully saturated rings. The van der Waals surface area contributed by atoms with Gasteiger partial charge in [0.05, 0.1) is 13.2 Å². The van der Waals surface area contributed by atoms with Crippen LogP contribution >= 0.6 is 0 Å². The zero-order valence-electron chi connectivity index (χ0n) is 12.8. The van der Waals surface area contributed by atoms with Gasteiger partial charge in [0.15, 0.2) is 6.10 Å². The lowest BCUT2D eigenvalue weighted by Crippen LogP contribution is -2.70. The van der Waals surface area contributed by atoms with E-state index >= 15 is 0 Å². The highest BCUT2D eigenvalue weighted by Gasteiger charge is 2.65. The van der Waals surface area contributed by atoms with Gasteiger partial charge in [-0.3, -0.25) is 4.74 Å². The minimum atomic E-state index is -3.01. The Morgan fingerprint density at radius 3 is 1.76 bits per heavy atom. The maximum Gasteiger partial charge on any atom is 0.344 e. The van der Waals surface area contributed by atoms with E-state index in [0.717, 1.165) is 0 Å². The van der Waals surface area contributed by atoms with Crippen molar-refractivity contribution in [1.82, 2.24) is 0 Å². The van der Waals surface area contributed by atoms with Crippen molar-refractivity contribution in [3.63, 3.8) is 0 Å². The van der Waals surface area contributed by atoms with E-state index in [2.05, 4.69) is 4.89 Å². The first-order valence-corrected chi connectivity index (χ1v) is 7.33. The van der Waals surface area contributed by atoms with Crippen molar-refractivity contribution in [2.45, 2.75) is 54.5 Å². The summed E-state index contributed by atoms with van der Waals surface area (Å²) in [5.74, 6) is -5.56. The third kappa shape index (κ3) is 3.28. The molecule has 0 saturated carbocycles. The van der Waals surface area contributed by atoms with E-state index in [-0.39, 0.29) is 0 Å². The number of rotatable bonds is 6. The molecule has 0 amide bonds. The van der Waals surface area contributed by atoms with Crippen LogP contribution in [0.1, 0.15) is 0 Å². The first-order valence-electron chi connectivity index (χ1n) is 7.33. The fourth-order valence-electron chi connectivity index (χ4n) is 2.78. The average Bonchev–Trinajstić information content (AvgIpc) is 2.87. The number of ether oxygens (including phenoxy) is 3. The van der Waals surface area contributed by atoms with E-state index in [0.29, 0.717) is 0 Å². The molecule has 2 aliphatic rings. The molecule has 13 nitrogen and oxygen atoms in total. The molecule has 2 rings (SSSR count). The largest absolute Gasteiger partial charge is 0.394 e. The van der Waals surface area contributed by atoms with Crippen LogP contribution in [0.25, 0.3) is 0 Å². The quantitative estimate of drug-likeness (QED) is 0.120. The molecule has 0 radical (unpaired) electrons. The van der Waals surface area contributed by atoms with Gasteiger partial charge < -0.3 is 50.3 Å². The van der Waals surface area contributed by atoms with E-state index in [4.69, 9.17) is 24.6 Å². The van der Waals surface area contributed by atoms with Gasteiger partial charge in [0.25, 0.3) is 0 Å². The van der Waals surface area contributed by atoms with Gasteiger partial charge in [-0.1, -0.05) is 0 Å². The minimum Gasteiger partial charge on any atom is -0.394 e. The molecule has 2 heterocycles. The lowest BCUT2D eigenvalue weighted by molar-refractivity contribution is -0.572. The van der Waals surface area contributed by atoms with Gasteiger partial charge in [0, 0.05) is 0 Å². The van der Waals surface area contributed by atoms with Crippen LogP contribution in [0, 0.1) is 0 Å². The van der Waals surface area contributed by atoms with Crippen molar-refractivity contribution < 1.29 is 65.2 Å². The summed E-state index contributed by atoms with van der Waals surface area (Å²) < 4.78 is 15.1. The summed E-state index contributed by atoms with van der Waals surface area (Å²) in [7, 11) is 0. The molecule has 0 aromatic carbocycles. The molecule has 1 unspecified atom stereocenters. The van der Waals surface area contributed by atoms with Crippen LogP contribution in [0.15, 0.2) is 0 Å². The molecule has 0 aromatic rings. The van der Waals surface area contributed by atoms with Crippen molar-refractivity contribution in [2.24, 2.45) is 0 Å². The zero-order valence-corrected chi connectivity index (χ0v) is 12.8. The monoisotopic (exact) mass is 374 g/mol. The summed E-state index contributed by atoms with van der Waals surface area (Å²) in [5.41, 5.74) is 0. The Bertz CT molecular complexity index is 449. The Morgan fingerprint density at radius 2 is 1.32 bits per heavy atom. The first kappa shape index (κ1) is 20.8. The van der Waals surface area contributed by atoms with Crippen LogP contribution in [0.4, 0.5) is 0 Å². The maximum atomic E-state index is 10.1. The van der Waals surface area contributed by atoms with Crippen LogP contribution in [-0.4, -0.2) is 120 Å². The molecule has 148 valence electrons. The van der Waals surface area contributed by atoms with E-state index in [1.54, 1.807) is 0 Å². The van der Waals surface area contributed by atoms with Crippen molar-refractivity contribution in [2.75, 3.05) is 19.8 Å². The zero-order chi connectivity index (χ0) is 19.0. The van der Waals surface area contributed by atoms with Gasteiger partial charge >= 0.3 is 5.97 Å². The molecular weight excluding hydrogens is 352 g/mol. The summed E-state index contributed by atoms with van der Waals surface area (Å²) in [4.78, 5) is 3.96. The number of hydrogen-bond donors (Lipinski definition) is 9. The molecule has 0 aliphatic carbocycles. The predicted molar refractivity (Wildman–Crippen MR) is 71.3 cm³/mol. The second-order valence-electron chi connectivity index (χ2n) is 5.81. The smallest absolute Gasteiger partial charge is 0.344 e. The minimum absolute atomic E-state index is 0.777. The third-order valence-corrected chi connectivity index (χ3v) is 4.26. The van der Waals surface area contributed by atoms with Gasteiger partial charge in [0.2, 0.25) is 5.79 Å². The number of aliphatic hydroxyl groups excluding tert-OH is 8. The molecule has 0 aromatic heterocycles. The van der Waals surface area contributed by atoms with Gasteiger partial charge in [-0.2, -0.15) is 4.89 Å². The fourth-order valence-corrected chi connectivity index (χ4v) is 2.78. The molecule has 0 bridgehead atoms. The van der Waals surface area contributed by atoms with Crippen LogP contribution in [-0.2, 0) is 19.1 Å².